The maximum Gasteiger partial charge on any atom is 0.356 e. The molecule has 96 valence electrons. The van der Waals surface area contributed by atoms with Crippen LogP contribution in [0.15, 0.2) is 24.4 Å². The number of fused-ring (bicyclic) bond motifs is 1. The summed E-state index contributed by atoms with van der Waals surface area (Å²) in [5, 5.41) is 21.6. The zero-order valence-electron chi connectivity index (χ0n) is 10.00. The van der Waals surface area contributed by atoms with Gasteiger partial charge in [0.25, 0.3) is 0 Å². The lowest BCUT2D eigenvalue weighted by Crippen LogP contribution is -2.19. The number of carboxylic acids is 1. The molecular formula is C12H15N3O3. The Morgan fingerprint density at radius 3 is 3.00 bits per heavy atom. The van der Waals surface area contributed by atoms with Crippen molar-refractivity contribution in [3.63, 3.8) is 0 Å². The third kappa shape index (κ3) is 2.28. The third-order valence-corrected chi connectivity index (χ3v) is 2.71. The normalized spacial score (nSPS) is 12.6. The van der Waals surface area contributed by atoms with Crippen LogP contribution in [-0.2, 0) is 0 Å². The number of carboxylic acid groups (broad SMARTS) is 1. The molecule has 0 saturated carbocycles. The van der Waals surface area contributed by atoms with Crippen LogP contribution in [0.25, 0.3) is 5.65 Å². The fourth-order valence-corrected chi connectivity index (χ4v) is 1.68. The Morgan fingerprint density at radius 2 is 2.33 bits per heavy atom. The van der Waals surface area contributed by atoms with Crippen LogP contribution in [0.1, 0.15) is 23.8 Å². The third-order valence-electron chi connectivity index (χ3n) is 2.71. The van der Waals surface area contributed by atoms with Crippen LogP contribution in [0, 0.1) is 0 Å². The van der Waals surface area contributed by atoms with Crippen LogP contribution < -0.4 is 5.32 Å². The average molecular weight is 249 g/mol. The van der Waals surface area contributed by atoms with E-state index in [0.29, 0.717) is 12.1 Å². The van der Waals surface area contributed by atoms with Gasteiger partial charge in [-0.25, -0.2) is 9.78 Å². The molecule has 0 aliphatic carbocycles. The molecule has 2 aromatic rings. The van der Waals surface area contributed by atoms with Crippen LogP contribution in [0.3, 0.4) is 0 Å². The number of anilines is 1. The van der Waals surface area contributed by atoms with E-state index >= 15 is 0 Å². The summed E-state index contributed by atoms with van der Waals surface area (Å²) in [5.74, 6) is -0.775. The first kappa shape index (κ1) is 12.4. The van der Waals surface area contributed by atoms with E-state index in [1.165, 1.54) is 4.40 Å². The highest BCUT2D eigenvalue weighted by atomic mass is 16.4. The highest BCUT2D eigenvalue weighted by molar-refractivity contribution is 5.92. The van der Waals surface area contributed by atoms with Gasteiger partial charge in [0.15, 0.2) is 11.5 Å². The maximum atomic E-state index is 11.2. The molecule has 0 spiro atoms. The molecule has 0 saturated heterocycles. The Morgan fingerprint density at radius 1 is 1.56 bits per heavy atom. The summed E-state index contributed by atoms with van der Waals surface area (Å²) < 4.78 is 1.50. The van der Waals surface area contributed by atoms with Crippen molar-refractivity contribution in [1.82, 2.24) is 9.38 Å². The number of hydrogen-bond acceptors (Lipinski definition) is 4. The Bertz CT molecular complexity index is 565. The van der Waals surface area contributed by atoms with Crippen molar-refractivity contribution in [2.45, 2.75) is 19.4 Å². The number of aromatic nitrogens is 2. The summed E-state index contributed by atoms with van der Waals surface area (Å²) in [6, 6.07) is 5.26. The van der Waals surface area contributed by atoms with E-state index in [1.807, 2.05) is 6.92 Å². The van der Waals surface area contributed by atoms with E-state index in [0.717, 1.165) is 0 Å². The van der Waals surface area contributed by atoms with Gasteiger partial charge in [-0.2, -0.15) is 0 Å². The van der Waals surface area contributed by atoms with Crippen molar-refractivity contribution in [2.24, 2.45) is 0 Å². The number of imidazole rings is 1. The van der Waals surface area contributed by atoms with E-state index in [1.54, 1.807) is 24.4 Å². The molecule has 0 radical (unpaired) electrons. The zero-order chi connectivity index (χ0) is 13.1. The molecule has 0 aromatic carbocycles. The monoisotopic (exact) mass is 249 g/mol. The van der Waals surface area contributed by atoms with Gasteiger partial charge >= 0.3 is 5.97 Å². The number of aliphatic hydroxyl groups is 1. The van der Waals surface area contributed by atoms with Crippen LogP contribution >= 0.6 is 0 Å². The second-order valence-corrected chi connectivity index (χ2v) is 3.99. The van der Waals surface area contributed by atoms with E-state index in [4.69, 9.17) is 0 Å². The molecule has 3 N–H and O–H groups in total. The van der Waals surface area contributed by atoms with Crippen molar-refractivity contribution in [1.29, 1.82) is 0 Å². The summed E-state index contributed by atoms with van der Waals surface area (Å²) >= 11 is 0. The number of aromatic carboxylic acids is 1. The van der Waals surface area contributed by atoms with Crippen molar-refractivity contribution < 1.29 is 15.0 Å². The average Bonchev–Trinajstić information content (AvgIpc) is 2.74. The smallest absolute Gasteiger partial charge is 0.356 e. The first-order chi connectivity index (χ1) is 8.63. The molecule has 2 heterocycles. The number of hydrogen-bond donors (Lipinski definition) is 3. The Hall–Kier alpha value is -2.08. The summed E-state index contributed by atoms with van der Waals surface area (Å²) in [6.07, 6.45) is 1.73. The molecule has 18 heavy (non-hydrogen) atoms. The Balaban J connectivity index is 2.37. The van der Waals surface area contributed by atoms with Gasteiger partial charge in [0, 0.05) is 12.7 Å². The lowest BCUT2D eigenvalue weighted by Gasteiger charge is -2.08. The first-order valence-electron chi connectivity index (χ1n) is 5.75. The van der Waals surface area contributed by atoms with Crippen molar-refractivity contribution >= 4 is 17.4 Å². The van der Waals surface area contributed by atoms with Crippen LogP contribution in [0.5, 0.6) is 0 Å². The standard InChI is InChI=1S/C12H15N3O3/c1-2-8(16)7-13-11-10(12(17)18)15-6-4-3-5-9(15)14-11/h3-6,8,13,16H,2,7H2,1H3,(H,17,18). The first-order valence-corrected chi connectivity index (χ1v) is 5.75. The zero-order valence-corrected chi connectivity index (χ0v) is 10.00. The fourth-order valence-electron chi connectivity index (χ4n) is 1.68. The molecular weight excluding hydrogens is 234 g/mol. The number of aliphatic hydroxyl groups excluding tert-OH is 1. The van der Waals surface area contributed by atoms with E-state index in [-0.39, 0.29) is 18.1 Å². The SMILES string of the molecule is CCC(O)CNc1nc2ccccn2c1C(=O)O. The minimum absolute atomic E-state index is 0.0777. The molecule has 2 rings (SSSR count). The fraction of sp³-hybridized carbons (Fsp3) is 0.333. The summed E-state index contributed by atoms with van der Waals surface area (Å²) in [6.45, 7) is 2.13. The summed E-state index contributed by atoms with van der Waals surface area (Å²) in [5.41, 5.74) is 0.636. The van der Waals surface area contributed by atoms with E-state index in [9.17, 15) is 15.0 Å². The van der Waals surface area contributed by atoms with E-state index < -0.39 is 12.1 Å². The van der Waals surface area contributed by atoms with Gasteiger partial charge in [0.1, 0.15) is 5.65 Å². The molecule has 0 bridgehead atoms. The minimum atomic E-state index is -1.05. The molecule has 6 nitrogen and oxygen atoms in total. The Kier molecular flexibility index (Phi) is 3.47. The molecule has 1 atom stereocenters. The molecule has 6 heteroatoms. The molecule has 1 unspecified atom stereocenters. The minimum Gasteiger partial charge on any atom is -0.476 e. The molecule has 0 fully saturated rings. The summed E-state index contributed by atoms with van der Waals surface area (Å²) in [7, 11) is 0. The predicted octanol–water partition coefficient (Wildman–Crippen LogP) is 1.22. The predicted molar refractivity (Wildman–Crippen MR) is 66.9 cm³/mol. The number of carbonyl (C=O) groups is 1. The van der Waals surface area contributed by atoms with E-state index in [2.05, 4.69) is 10.3 Å². The van der Waals surface area contributed by atoms with Crippen LogP contribution in [0.2, 0.25) is 0 Å². The quantitative estimate of drug-likeness (QED) is 0.741. The van der Waals surface area contributed by atoms with Gasteiger partial charge in [-0.15, -0.1) is 0 Å². The second kappa shape index (κ2) is 5.05. The molecule has 0 amide bonds. The van der Waals surface area contributed by atoms with Crippen LogP contribution in [0.4, 0.5) is 5.82 Å². The van der Waals surface area contributed by atoms with Gasteiger partial charge in [-0.05, 0) is 18.6 Å². The van der Waals surface area contributed by atoms with Gasteiger partial charge in [0.2, 0.25) is 0 Å². The van der Waals surface area contributed by atoms with Gasteiger partial charge in [-0.3, -0.25) is 4.40 Å². The Labute approximate surface area is 104 Å². The maximum absolute atomic E-state index is 11.2. The largest absolute Gasteiger partial charge is 0.476 e. The molecule has 2 aromatic heterocycles. The highest BCUT2D eigenvalue weighted by Crippen LogP contribution is 2.17. The molecule has 0 aliphatic rings. The number of rotatable bonds is 5. The van der Waals surface area contributed by atoms with Gasteiger partial charge in [-0.1, -0.05) is 13.0 Å². The van der Waals surface area contributed by atoms with Crippen molar-refractivity contribution in [2.75, 3.05) is 11.9 Å². The van der Waals surface area contributed by atoms with Crippen molar-refractivity contribution in [3.8, 4) is 0 Å². The van der Waals surface area contributed by atoms with Crippen molar-refractivity contribution in [3.05, 3.63) is 30.1 Å². The summed E-state index contributed by atoms with van der Waals surface area (Å²) in [4.78, 5) is 15.4. The highest BCUT2D eigenvalue weighted by Gasteiger charge is 2.18. The number of pyridine rings is 1. The topological polar surface area (TPSA) is 86.9 Å². The van der Waals surface area contributed by atoms with Gasteiger partial charge in [0.05, 0.1) is 6.10 Å². The lowest BCUT2D eigenvalue weighted by molar-refractivity contribution is 0.0690. The lowest BCUT2D eigenvalue weighted by atomic mass is 10.3. The molecule has 0 aliphatic heterocycles. The van der Waals surface area contributed by atoms with Gasteiger partial charge < -0.3 is 15.5 Å². The number of nitrogens with one attached hydrogen (secondary N) is 1. The van der Waals surface area contributed by atoms with Crippen LogP contribution in [-0.4, -0.2) is 38.2 Å². The number of nitrogens with zero attached hydrogens (tertiary/aromatic N) is 2. The second-order valence-electron chi connectivity index (χ2n) is 3.99.